The van der Waals surface area contributed by atoms with Crippen molar-refractivity contribution in [2.45, 2.75) is 51.2 Å². The fraction of sp³-hybridized carbons (Fsp3) is 0.375. The highest BCUT2D eigenvalue weighted by molar-refractivity contribution is 5.95. The van der Waals surface area contributed by atoms with Gasteiger partial charge in [-0.15, -0.1) is 0 Å². The molecule has 3 aromatic heterocycles. The van der Waals surface area contributed by atoms with Crippen molar-refractivity contribution in [1.82, 2.24) is 15.5 Å². The largest absolute Gasteiger partial charge is 0.467 e. The fourth-order valence-corrected chi connectivity index (χ4v) is 4.02. The van der Waals surface area contributed by atoms with Gasteiger partial charge in [0.1, 0.15) is 17.3 Å². The normalized spacial score (nSPS) is 14.7. The number of hydrogen-bond acceptors (Lipinski definition) is 6. The van der Waals surface area contributed by atoms with Gasteiger partial charge in [0.05, 0.1) is 25.6 Å². The second-order valence-electron chi connectivity index (χ2n) is 8.10. The molecule has 9 nitrogen and oxygen atoms in total. The van der Waals surface area contributed by atoms with Gasteiger partial charge >= 0.3 is 0 Å². The summed E-state index contributed by atoms with van der Waals surface area (Å²) in [6.07, 6.45) is 6.80. The van der Waals surface area contributed by atoms with E-state index in [9.17, 15) is 14.4 Å². The molecule has 0 bridgehead atoms. The molecule has 3 aromatic rings. The average molecular weight is 453 g/mol. The van der Waals surface area contributed by atoms with Gasteiger partial charge in [-0.1, -0.05) is 12.8 Å². The zero-order chi connectivity index (χ0) is 23.2. The molecule has 1 aliphatic carbocycles. The lowest BCUT2D eigenvalue weighted by atomic mass is 10.1. The van der Waals surface area contributed by atoms with E-state index in [2.05, 4.69) is 10.6 Å². The number of furan rings is 3. The SMILES string of the molecule is Cc1ccc([C@@H](C(=O)NC2CCCC2)N(Cc2ccco2)C(=O)CNC(=O)c2ccco2)o1. The second-order valence-corrected chi connectivity index (χ2v) is 8.10. The summed E-state index contributed by atoms with van der Waals surface area (Å²) in [6, 6.07) is 9.01. The maximum absolute atomic E-state index is 13.4. The van der Waals surface area contributed by atoms with Crippen LogP contribution in [0.2, 0.25) is 0 Å². The summed E-state index contributed by atoms with van der Waals surface area (Å²) in [5.41, 5.74) is 0. The van der Waals surface area contributed by atoms with Crippen LogP contribution >= 0.6 is 0 Å². The van der Waals surface area contributed by atoms with Crippen LogP contribution in [0, 0.1) is 6.92 Å². The first-order valence-corrected chi connectivity index (χ1v) is 11.0. The maximum atomic E-state index is 13.4. The van der Waals surface area contributed by atoms with Crippen LogP contribution in [-0.4, -0.2) is 35.2 Å². The summed E-state index contributed by atoms with van der Waals surface area (Å²) in [6.45, 7) is 1.48. The third-order valence-corrected chi connectivity index (χ3v) is 5.66. The van der Waals surface area contributed by atoms with Crippen LogP contribution in [0.25, 0.3) is 0 Å². The highest BCUT2D eigenvalue weighted by atomic mass is 16.3. The van der Waals surface area contributed by atoms with Crippen LogP contribution in [0.1, 0.15) is 59.6 Å². The summed E-state index contributed by atoms with van der Waals surface area (Å²) < 4.78 is 16.3. The molecule has 9 heteroatoms. The number of nitrogens with one attached hydrogen (secondary N) is 2. The number of amides is 3. The van der Waals surface area contributed by atoms with E-state index in [-0.39, 0.29) is 30.8 Å². The first-order valence-electron chi connectivity index (χ1n) is 11.0. The Hall–Kier alpha value is -3.75. The van der Waals surface area contributed by atoms with Crippen molar-refractivity contribution >= 4 is 17.7 Å². The van der Waals surface area contributed by atoms with Crippen LogP contribution in [0.4, 0.5) is 0 Å². The van der Waals surface area contributed by atoms with E-state index in [1.54, 1.807) is 37.3 Å². The summed E-state index contributed by atoms with van der Waals surface area (Å²) in [4.78, 5) is 40.4. The van der Waals surface area contributed by atoms with Crippen molar-refractivity contribution in [1.29, 1.82) is 0 Å². The molecule has 1 fully saturated rings. The van der Waals surface area contributed by atoms with E-state index < -0.39 is 17.9 Å². The van der Waals surface area contributed by atoms with E-state index in [1.807, 2.05) is 0 Å². The number of aryl methyl sites for hydroxylation is 1. The highest BCUT2D eigenvalue weighted by Gasteiger charge is 2.36. The maximum Gasteiger partial charge on any atom is 0.287 e. The van der Waals surface area contributed by atoms with Crippen molar-refractivity contribution < 1.29 is 27.6 Å². The molecule has 3 amide bonds. The summed E-state index contributed by atoms with van der Waals surface area (Å²) >= 11 is 0. The quantitative estimate of drug-likeness (QED) is 0.513. The number of hydrogen-bond donors (Lipinski definition) is 2. The molecule has 0 aromatic carbocycles. The Labute approximate surface area is 191 Å². The van der Waals surface area contributed by atoms with Gasteiger partial charge in [-0.2, -0.15) is 0 Å². The van der Waals surface area contributed by atoms with E-state index in [1.165, 1.54) is 23.5 Å². The first kappa shape index (κ1) is 22.4. The van der Waals surface area contributed by atoms with E-state index >= 15 is 0 Å². The first-order chi connectivity index (χ1) is 16.0. The molecule has 3 heterocycles. The molecule has 0 aliphatic heterocycles. The number of carbonyl (C=O) groups is 3. The van der Waals surface area contributed by atoms with Crippen LogP contribution in [0.5, 0.6) is 0 Å². The molecular formula is C24H27N3O6. The summed E-state index contributed by atoms with van der Waals surface area (Å²) in [5, 5.41) is 5.61. The minimum absolute atomic E-state index is 0.0327. The molecule has 0 unspecified atom stereocenters. The van der Waals surface area contributed by atoms with Crippen LogP contribution in [-0.2, 0) is 16.1 Å². The molecule has 174 valence electrons. The molecule has 0 saturated heterocycles. The molecule has 1 aliphatic rings. The van der Waals surface area contributed by atoms with Gasteiger partial charge in [-0.25, -0.2) is 0 Å². The Morgan fingerprint density at radius 3 is 2.45 bits per heavy atom. The van der Waals surface area contributed by atoms with Gasteiger partial charge in [-0.05, 0) is 56.2 Å². The van der Waals surface area contributed by atoms with Gasteiger partial charge in [0.25, 0.3) is 11.8 Å². The molecule has 2 N–H and O–H groups in total. The molecule has 33 heavy (non-hydrogen) atoms. The summed E-state index contributed by atoms with van der Waals surface area (Å²) in [5.74, 6) is 0.258. The zero-order valence-corrected chi connectivity index (χ0v) is 18.4. The van der Waals surface area contributed by atoms with Gasteiger partial charge in [-0.3, -0.25) is 14.4 Å². The predicted octanol–water partition coefficient (Wildman–Crippen LogP) is 3.33. The zero-order valence-electron chi connectivity index (χ0n) is 18.4. The van der Waals surface area contributed by atoms with Crippen molar-refractivity contribution in [3.63, 3.8) is 0 Å². The lowest BCUT2D eigenvalue weighted by molar-refractivity contribution is -0.142. The Bertz CT molecular complexity index is 1060. The number of carbonyl (C=O) groups excluding carboxylic acids is 3. The molecule has 0 spiro atoms. The number of nitrogens with zero attached hydrogens (tertiary/aromatic N) is 1. The molecular weight excluding hydrogens is 426 g/mol. The van der Waals surface area contributed by atoms with Crippen molar-refractivity contribution in [3.05, 3.63) is 72.0 Å². The number of rotatable bonds is 9. The molecule has 1 saturated carbocycles. The van der Waals surface area contributed by atoms with Gasteiger partial charge in [0.15, 0.2) is 11.8 Å². The van der Waals surface area contributed by atoms with E-state index in [0.717, 1.165) is 25.7 Å². The predicted molar refractivity (Wildman–Crippen MR) is 117 cm³/mol. The van der Waals surface area contributed by atoms with E-state index in [4.69, 9.17) is 13.3 Å². The third kappa shape index (κ3) is 5.54. The monoisotopic (exact) mass is 453 g/mol. The third-order valence-electron chi connectivity index (χ3n) is 5.66. The topological polar surface area (TPSA) is 118 Å². The Morgan fingerprint density at radius 1 is 1.06 bits per heavy atom. The second kappa shape index (κ2) is 10.2. The van der Waals surface area contributed by atoms with Crippen molar-refractivity contribution in [2.24, 2.45) is 0 Å². The van der Waals surface area contributed by atoms with Gasteiger partial charge < -0.3 is 28.8 Å². The standard InChI is InChI=1S/C24H27N3O6/c1-16-10-11-19(33-16)22(24(30)26-17-6-2-3-7-17)27(15-18-8-4-12-31-18)21(28)14-25-23(29)20-9-5-13-32-20/h4-5,8-13,17,22H,2-3,6-7,14-15H2,1H3,(H,25,29)(H,26,30)/t22-/m0/s1. The van der Waals surface area contributed by atoms with Gasteiger partial charge in [0, 0.05) is 6.04 Å². The van der Waals surface area contributed by atoms with Gasteiger partial charge in [0.2, 0.25) is 5.91 Å². The molecule has 1 atom stereocenters. The highest BCUT2D eigenvalue weighted by Crippen LogP contribution is 2.27. The summed E-state index contributed by atoms with van der Waals surface area (Å²) in [7, 11) is 0. The molecule has 4 rings (SSSR count). The lowest BCUT2D eigenvalue weighted by Gasteiger charge is -2.30. The van der Waals surface area contributed by atoms with Crippen LogP contribution in [0.15, 0.2) is 62.2 Å². The molecule has 0 radical (unpaired) electrons. The Morgan fingerprint density at radius 2 is 1.82 bits per heavy atom. The lowest BCUT2D eigenvalue weighted by Crippen LogP contribution is -2.48. The fourth-order valence-electron chi connectivity index (χ4n) is 4.02. The van der Waals surface area contributed by atoms with Crippen LogP contribution in [0.3, 0.4) is 0 Å². The van der Waals surface area contributed by atoms with E-state index in [0.29, 0.717) is 17.3 Å². The smallest absolute Gasteiger partial charge is 0.287 e. The Kier molecular flexibility index (Phi) is 6.97. The minimum atomic E-state index is -1.02. The van der Waals surface area contributed by atoms with Crippen LogP contribution < -0.4 is 10.6 Å². The minimum Gasteiger partial charge on any atom is -0.467 e. The van der Waals surface area contributed by atoms with Crippen molar-refractivity contribution in [3.8, 4) is 0 Å². The Balaban J connectivity index is 1.58. The average Bonchev–Trinajstić information content (AvgIpc) is 3.60. The van der Waals surface area contributed by atoms with Crippen molar-refractivity contribution in [2.75, 3.05) is 6.54 Å².